The van der Waals surface area contributed by atoms with Gasteiger partial charge in [0.15, 0.2) is 0 Å². The Morgan fingerprint density at radius 2 is 2.12 bits per heavy atom. The highest BCUT2D eigenvalue weighted by atomic mass is 16.2. The van der Waals surface area contributed by atoms with E-state index in [1.54, 1.807) is 0 Å². The molecule has 2 rings (SSSR count). The molecule has 0 aliphatic heterocycles. The van der Waals surface area contributed by atoms with E-state index in [0.29, 0.717) is 5.92 Å². The number of carbonyl (C=O) groups is 1. The van der Waals surface area contributed by atoms with Gasteiger partial charge in [0.2, 0.25) is 5.91 Å². The molecule has 17 heavy (non-hydrogen) atoms. The van der Waals surface area contributed by atoms with E-state index in [-0.39, 0.29) is 5.91 Å². The molecule has 0 unspecified atom stereocenters. The average Bonchev–Trinajstić information content (AvgIpc) is 3.06. The SMILES string of the molecule is O=C(NCCCCCCn1ccnc1)C1CC1. The summed E-state index contributed by atoms with van der Waals surface area (Å²) in [5.41, 5.74) is 0. The molecule has 4 nitrogen and oxygen atoms in total. The van der Waals surface area contributed by atoms with Gasteiger partial charge in [-0.25, -0.2) is 4.98 Å². The minimum atomic E-state index is 0.267. The molecule has 1 aromatic heterocycles. The third kappa shape index (κ3) is 4.59. The van der Waals surface area contributed by atoms with E-state index in [9.17, 15) is 4.79 Å². The highest BCUT2D eigenvalue weighted by molar-refractivity contribution is 5.80. The zero-order valence-electron chi connectivity index (χ0n) is 10.3. The average molecular weight is 235 g/mol. The second-order valence-electron chi connectivity index (χ2n) is 4.78. The number of imidazole rings is 1. The first-order chi connectivity index (χ1) is 8.36. The first-order valence-corrected chi connectivity index (χ1v) is 6.60. The number of rotatable bonds is 8. The fourth-order valence-corrected chi connectivity index (χ4v) is 1.89. The fraction of sp³-hybridized carbons (Fsp3) is 0.692. The maximum atomic E-state index is 11.3. The standard InChI is InChI=1S/C13H21N3O/c17-13(12-5-6-12)15-7-3-1-2-4-9-16-10-8-14-11-16/h8,10-12H,1-7,9H2,(H,15,17). The van der Waals surface area contributed by atoms with Gasteiger partial charge in [-0.05, 0) is 25.7 Å². The summed E-state index contributed by atoms with van der Waals surface area (Å²) < 4.78 is 2.11. The van der Waals surface area contributed by atoms with Crippen LogP contribution in [0, 0.1) is 5.92 Å². The van der Waals surface area contributed by atoms with Crippen LogP contribution in [0.4, 0.5) is 0 Å². The van der Waals surface area contributed by atoms with Crippen molar-refractivity contribution in [1.29, 1.82) is 0 Å². The number of aromatic nitrogens is 2. The molecule has 1 aromatic rings. The number of unbranched alkanes of at least 4 members (excludes halogenated alkanes) is 3. The second kappa shape index (κ2) is 6.42. The maximum Gasteiger partial charge on any atom is 0.223 e. The second-order valence-corrected chi connectivity index (χ2v) is 4.78. The molecule has 1 aliphatic rings. The van der Waals surface area contributed by atoms with Crippen LogP contribution in [0.25, 0.3) is 0 Å². The Bertz CT molecular complexity index is 330. The molecule has 0 atom stereocenters. The zero-order valence-corrected chi connectivity index (χ0v) is 10.3. The number of nitrogens with zero attached hydrogens (tertiary/aromatic N) is 2. The van der Waals surface area contributed by atoms with Crippen molar-refractivity contribution in [2.75, 3.05) is 6.54 Å². The molecule has 0 aromatic carbocycles. The van der Waals surface area contributed by atoms with Gasteiger partial charge in [0.05, 0.1) is 6.33 Å². The predicted molar refractivity (Wildman–Crippen MR) is 66.4 cm³/mol. The minimum Gasteiger partial charge on any atom is -0.356 e. The normalized spacial score (nSPS) is 14.8. The quantitative estimate of drug-likeness (QED) is 0.700. The Hall–Kier alpha value is -1.32. The van der Waals surface area contributed by atoms with Gasteiger partial charge < -0.3 is 9.88 Å². The van der Waals surface area contributed by atoms with Crippen molar-refractivity contribution in [3.05, 3.63) is 18.7 Å². The van der Waals surface area contributed by atoms with Gasteiger partial charge >= 0.3 is 0 Å². The van der Waals surface area contributed by atoms with Crippen molar-refractivity contribution in [3.63, 3.8) is 0 Å². The Labute approximate surface area is 102 Å². The largest absolute Gasteiger partial charge is 0.356 e. The molecule has 0 saturated heterocycles. The monoisotopic (exact) mass is 235 g/mol. The Balaban J connectivity index is 1.40. The van der Waals surface area contributed by atoms with Crippen LogP contribution in [0.3, 0.4) is 0 Å². The third-order valence-corrected chi connectivity index (χ3v) is 3.15. The molecule has 94 valence electrons. The van der Waals surface area contributed by atoms with E-state index in [4.69, 9.17) is 0 Å². The molecule has 0 spiro atoms. The molecule has 1 fully saturated rings. The van der Waals surface area contributed by atoms with Crippen LogP contribution in [-0.4, -0.2) is 22.0 Å². The Morgan fingerprint density at radius 1 is 1.29 bits per heavy atom. The smallest absolute Gasteiger partial charge is 0.223 e. The number of aryl methyl sites for hydroxylation is 1. The Morgan fingerprint density at radius 3 is 2.82 bits per heavy atom. The zero-order chi connectivity index (χ0) is 11.9. The lowest BCUT2D eigenvalue weighted by atomic mass is 10.2. The van der Waals surface area contributed by atoms with Crippen molar-refractivity contribution in [2.45, 2.75) is 45.1 Å². The number of hydrogen-bond donors (Lipinski definition) is 1. The van der Waals surface area contributed by atoms with E-state index in [1.807, 2.05) is 18.7 Å². The molecule has 4 heteroatoms. The van der Waals surface area contributed by atoms with Crippen LogP contribution in [-0.2, 0) is 11.3 Å². The predicted octanol–water partition coefficient (Wildman–Crippen LogP) is 1.97. The Kier molecular flexibility index (Phi) is 4.59. The van der Waals surface area contributed by atoms with Crippen LogP contribution in [0.5, 0.6) is 0 Å². The molecule has 1 saturated carbocycles. The fourth-order valence-electron chi connectivity index (χ4n) is 1.89. The van der Waals surface area contributed by atoms with E-state index in [2.05, 4.69) is 14.9 Å². The summed E-state index contributed by atoms with van der Waals surface area (Å²) >= 11 is 0. The summed E-state index contributed by atoms with van der Waals surface area (Å²) in [6.07, 6.45) is 12.6. The molecule has 0 radical (unpaired) electrons. The lowest BCUT2D eigenvalue weighted by Gasteiger charge is -2.04. The molecular formula is C13H21N3O. The van der Waals surface area contributed by atoms with E-state index < -0.39 is 0 Å². The van der Waals surface area contributed by atoms with Crippen molar-refractivity contribution >= 4 is 5.91 Å². The molecule has 0 bridgehead atoms. The summed E-state index contributed by atoms with van der Waals surface area (Å²) in [4.78, 5) is 15.3. The first-order valence-electron chi connectivity index (χ1n) is 6.60. The van der Waals surface area contributed by atoms with Crippen LogP contribution in [0.15, 0.2) is 18.7 Å². The van der Waals surface area contributed by atoms with Crippen molar-refractivity contribution < 1.29 is 4.79 Å². The highest BCUT2D eigenvalue weighted by Gasteiger charge is 2.28. The van der Waals surface area contributed by atoms with Gasteiger partial charge in [-0.3, -0.25) is 4.79 Å². The first kappa shape index (κ1) is 12.1. The van der Waals surface area contributed by atoms with Crippen LogP contribution >= 0.6 is 0 Å². The van der Waals surface area contributed by atoms with Crippen molar-refractivity contribution in [3.8, 4) is 0 Å². The third-order valence-electron chi connectivity index (χ3n) is 3.15. The van der Waals surface area contributed by atoms with E-state index in [1.165, 1.54) is 19.3 Å². The summed E-state index contributed by atoms with van der Waals surface area (Å²) in [7, 11) is 0. The number of amides is 1. The van der Waals surface area contributed by atoms with Crippen LogP contribution in [0.2, 0.25) is 0 Å². The van der Waals surface area contributed by atoms with Crippen molar-refractivity contribution in [2.24, 2.45) is 5.92 Å². The van der Waals surface area contributed by atoms with Crippen LogP contribution in [0.1, 0.15) is 38.5 Å². The van der Waals surface area contributed by atoms with Gasteiger partial charge in [-0.15, -0.1) is 0 Å². The summed E-state index contributed by atoms with van der Waals surface area (Å²) in [5, 5.41) is 2.99. The molecule has 1 N–H and O–H groups in total. The van der Waals surface area contributed by atoms with E-state index in [0.717, 1.165) is 32.4 Å². The van der Waals surface area contributed by atoms with Gasteiger partial charge in [0.1, 0.15) is 0 Å². The van der Waals surface area contributed by atoms with Gasteiger partial charge in [0.25, 0.3) is 0 Å². The number of nitrogens with one attached hydrogen (secondary N) is 1. The molecule has 1 amide bonds. The lowest BCUT2D eigenvalue weighted by molar-refractivity contribution is -0.122. The molecular weight excluding hydrogens is 214 g/mol. The van der Waals surface area contributed by atoms with E-state index >= 15 is 0 Å². The summed E-state index contributed by atoms with van der Waals surface area (Å²) in [5.74, 6) is 0.611. The van der Waals surface area contributed by atoms with Crippen LogP contribution < -0.4 is 5.32 Å². The van der Waals surface area contributed by atoms with Crippen molar-refractivity contribution in [1.82, 2.24) is 14.9 Å². The number of carbonyl (C=O) groups excluding carboxylic acids is 1. The summed E-state index contributed by atoms with van der Waals surface area (Å²) in [6.45, 7) is 1.90. The highest BCUT2D eigenvalue weighted by Crippen LogP contribution is 2.28. The minimum absolute atomic E-state index is 0.267. The summed E-state index contributed by atoms with van der Waals surface area (Å²) in [6, 6.07) is 0. The van der Waals surface area contributed by atoms with Gasteiger partial charge in [-0.1, -0.05) is 12.8 Å². The maximum absolute atomic E-state index is 11.3. The molecule has 1 heterocycles. The number of hydrogen-bond acceptors (Lipinski definition) is 2. The topological polar surface area (TPSA) is 46.9 Å². The lowest BCUT2D eigenvalue weighted by Crippen LogP contribution is -2.25. The van der Waals surface area contributed by atoms with Gasteiger partial charge in [0, 0.05) is 31.4 Å². The molecule has 1 aliphatic carbocycles. The van der Waals surface area contributed by atoms with Gasteiger partial charge in [-0.2, -0.15) is 0 Å².